The molecule has 1 saturated carbocycles. The minimum Gasteiger partial charge on any atom is -0.395 e. The molecule has 1 aromatic carbocycles. The first-order valence-corrected chi connectivity index (χ1v) is 9.95. The van der Waals surface area contributed by atoms with Gasteiger partial charge in [0, 0.05) is 36.5 Å². The third-order valence-corrected chi connectivity index (χ3v) is 5.93. The smallest absolute Gasteiger partial charge is 0.225 e. The van der Waals surface area contributed by atoms with E-state index in [4.69, 9.17) is 0 Å². The number of allylic oxidation sites excluding steroid dienone is 1. The summed E-state index contributed by atoms with van der Waals surface area (Å²) in [4.78, 5) is 14.8. The first-order chi connectivity index (χ1) is 12.5. The predicted molar refractivity (Wildman–Crippen MR) is 106 cm³/mol. The molecule has 1 aliphatic carbocycles. The molecule has 3 rings (SSSR count). The molecule has 1 heterocycles. The molecular formula is C22H32N2O2. The van der Waals surface area contributed by atoms with Gasteiger partial charge in [-0.2, -0.15) is 0 Å². The highest BCUT2D eigenvalue weighted by atomic mass is 16.3. The highest BCUT2D eigenvalue weighted by Crippen LogP contribution is 2.35. The molecule has 0 aromatic heterocycles. The predicted octanol–water partition coefficient (Wildman–Crippen LogP) is 3.17. The van der Waals surface area contributed by atoms with Crippen LogP contribution >= 0.6 is 0 Å². The maximum Gasteiger partial charge on any atom is 0.225 e. The summed E-state index contributed by atoms with van der Waals surface area (Å²) in [7, 11) is 0. The average molecular weight is 357 g/mol. The minimum atomic E-state index is 0.0698. The molecule has 2 N–H and O–H groups in total. The standard InChI is InChI=1S/C22H32N2O2/c1-4-6-16-9-11-17(12-10-16)21-19(23-20(21)14-25)13-24(15(2)3)22(26)18-7-5-8-18/h4,6,9-12,15,18-21,23,25H,5,7-8,13-14H2,1-3H3/t19-,20-,21+/m0/s1. The molecule has 3 atom stereocenters. The summed E-state index contributed by atoms with van der Waals surface area (Å²) in [6, 6.07) is 9.04. The van der Waals surface area contributed by atoms with Gasteiger partial charge in [0.1, 0.15) is 0 Å². The first-order valence-electron chi connectivity index (χ1n) is 9.95. The second-order valence-corrected chi connectivity index (χ2v) is 7.97. The summed E-state index contributed by atoms with van der Waals surface area (Å²) in [5, 5.41) is 13.2. The number of aliphatic hydroxyl groups is 1. The van der Waals surface area contributed by atoms with E-state index < -0.39 is 0 Å². The van der Waals surface area contributed by atoms with E-state index in [-0.39, 0.29) is 36.6 Å². The lowest BCUT2D eigenvalue weighted by atomic mass is 9.76. The van der Waals surface area contributed by atoms with Crippen molar-refractivity contribution in [1.29, 1.82) is 0 Å². The fraction of sp³-hybridized carbons (Fsp3) is 0.591. The van der Waals surface area contributed by atoms with Gasteiger partial charge in [-0.05, 0) is 44.7 Å². The van der Waals surface area contributed by atoms with Crippen LogP contribution in [-0.2, 0) is 4.79 Å². The van der Waals surface area contributed by atoms with Gasteiger partial charge in [-0.15, -0.1) is 0 Å². The van der Waals surface area contributed by atoms with Crippen molar-refractivity contribution in [2.24, 2.45) is 5.92 Å². The van der Waals surface area contributed by atoms with Gasteiger partial charge in [-0.25, -0.2) is 0 Å². The first kappa shape index (κ1) is 19.1. The Bertz CT molecular complexity index is 634. The van der Waals surface area contributed by atoms with E-state index in [1.165, 1.54) is 17.5 Å². The Morgan fingerprint density at radius 1 is 1.27 bits per heavy atom. The maximum absolute atomic E-state index is 12.8. The van der Waals surface area contributed by atoms with Crippen LogP contribution in [0.3, 0.4) is 0 Å². The molecular weight excluding hydrogens is 324 g/mol. The fourth-order valence-electron chi connectivity index (χ4n) is 4.12. The second kappa shape index (κ2) is 8.36. The molecule has 2 aliphatic rings. The summed E-state index contributed by atoms with van der Waals surface area (Å²) in [5.41, 5.74) is 2.42. The zero-order valence-electron chi connectivity index (χ0n) is 16.2. The number of carbonyl (C=O) groups excluding carboxylic acids is 1. The molecule has 1 amide bonds. The Kier molecular flexibility index (Phi) is 6.15. The Hall–Kier alpha value is -1.65. The minimum absolute atomic E-state index is 0.0698. The number of aliphatic hydroxyl groups excluding tert-OH is 1. The normalized spacial score (nSPS) is 26.0. The van der Waals surface area contributed by atoms with E-state index >= 15 is 0 Å². The number of nitrogens with one attached hydrogen (secondary N) is 1. The lowest BCUT2D eigenvalue weighted by molar-refractivity contribution is -0.141. The zero-order chi connectivity index (χ0) is 18.7. The summed E-state index contributed by atoms with van der Waals surface area (Å²) < 4.78 is 0. The molecule has 1 aliphatic heterocycles. The van der Waals surface area contributed by atoms with Crippen molar-refractivity contribution in [1.82, 2.24) is 10.2 Å². The van der Waals surface area contributed by atoms with Gasteiger partial charge in [0.2, 0.25) is 5.91 Å². The van der Waals surface area contributed by atoms with Crippen LogP contribution in [0.2, 0.25) is 0 Å². The second-order valence-electron chi connectivity index (χ2n) is 7.97. The van der Waals surface area contributed by atoms with Crippen molar-refractivity contribution < 1.29 is 9.90 Å². The van der Waals surface area contributed by atoms with Crippen LogP contribution < -0.4 is 5.32 Å². The third kappa shape index (κ3) is 3.86. The molecule has 1 saturated heterocycles. The molecule has 26 heavy (non-hydrogen) atoms. The van der Waals surface area contributed by atoms with Crippen LogP contribution in [0.4, 0.5) is 0 Å². The van der Waals surface area contributed by atoms with Crippen molar-refractivity contribution >= 4 is 12.0 Å². The number of hydrogen-bond donors (Lipinski definition) is 2. The van der Waals surface area contributed by atoms with Gasteiger partial charge in [0.05, 0.1) is 6.61 Å². The van der Waals surface area contributed by atoms with E-state index in [9.17, 15) is 9.90 Å². The number of amides is 1. The quantitative estimate of drug-likeness (QED) is 0.789. The molecule has 0 unspecified atom stereocenters. The van der Waals surface area contributed by atoms with Crippen molar-refractivity contribution in [2.75, 3.05) is 13.2 Å². The summed E-state index contributed by atoms with van der Waals surface area (Å²) in [6.45, 7) is 7.04. The van der Waals surface area contributed by atoms with E-state index in [0.29, 0.717) is 12.5 Å². The monoisotopic (exact) mass is 356 g/mol. The Balaban J connectivity index is 1.72. The highest BCUT2D eigenvalue weighted by molar-refractivity contribution is 5.80. The maximum atomic E-state index is 12.8. The van der Waals surface area contributed by atoms with Crippen LogP contribution in [-0.4, -0.2) is 47.2 Å². The van der Waals surface area contributed by atoms with E-state index in [0.717, 1.165) is 12.8 Å². The lowest BCUT2D eigenvalue weighted by Gasteiger charge is -2.49. The van der Waals surface area contributed by atoms with Crippen LogP contribution in [0.25, 0.3) is 6.08 Å². The van der Waals surface area contributed by atoms with Gasteiger partial charge >= 0.3 is 0 Å². The lowest BCUT2D eigenvalue weighted by Crippen LogP contribution is -2.66. The van der Waals surface area contributed by atoms with E-state index in [2.05, 4.69) is 49.5 Å². The summed E-state index contributed by atoms with van der Waals surface area (Å²) in [5.74, 6) is 0.780. The van der Waals surface area contributed by atoms with Gasteiger partial charge in [-0.3, -0.25) is 4.79 Å². The Morgan fingerprint density at radius 3 is 2.46 bits per heavy atom. The molecule has 1 aromatic rings. The summed E-state index contributed by atoms with van der Waals surface area (Å²) in [6.07, 6.45) is 7.37. The van der Waals surface area contributed by atoms with Gasteiger partial charge in [0.15, 0.2) is 0 Å². The largest absolute Gasteiger partial charge is 0.395 e. The highest BCUT2D eigenvalue weighted by Gasteiger charge is 2.43. The van der Waals surface area contributed by atoms with Gasteiger partial charge < -0.3 is 15.3 Å². The Labute approximate surface area is 157 Å². The molecule has 4 heteroatoms. The third-order valence-electron chi connectivity index (χ3n) is 5.93. The van der Waals surface area contributed by atoms with Crippen molar-refractivity contribution in [2.45, 2.75) is 64.1 Å². The average Bonchev–Trinajstić information content (AvgIpc) is 2.54. The van der Waals surface area contributed by atoms with E-state index in [1.54, 1.807) is 0 Å². The van der Waals surface area contributed by atoms with Crippen molar-refractivity contribution in [3.63, 3.8) is 0 Å². The van der Waals surface area contributed by atoms with Crippen LogP contribution in [0, 0.1) is 5.92 Å². The van der Waals surface area contributed by atoms with Crippen LogP contribution in [0.1, 0.15) is 57.1 Å². The number of rotatable bonds is 7. The molecule has 142 valence electrons. The number of nitrogens with zero attached hydrogens (tertiary/aromatic N) is 1. The molecule has 0 spiro atoms. The molecule has 0 radical (unpaired) electrons. The van der Waals surface area contributed by atoms with Gasteiger partial charge in [0.25, 0.3) is 0 Å². The molecule has 0 bridgehead atoms. The van der Waals surface area contributed by atoms with Crippen LogP contribution in [0.15, 0.2) is 30.3 Å². The topological polar surface area (TPSA) is 52.6 Å². The number of carbonyl (C=O) groups is 1. The molecule has 4 nitrogen and oxygen atoms in total. The van der Waals surface area contributed by atoms with E-state index in [1.807, 2.05) is 17.9 Å². The van der Waals surface area contributed by atoms with Gasteiger partial charge in [-0.1, -0.05) is 42.8 Å². The van der Waals surface area contributed by atoms with Crippen LogP contribution in [0.5, 0.6) is 0 Å². The fourth-order valence-corrected chi connectivity index (χ4v) is 4.12. The van der Waals surface area contributed by atoms with Crippen molar-refractivity contribution in [3.05, 3.63) is 41.5 Å². The number of hydrogen-bond acceptors (Lipinski definition) is 3. The Morgan fingerprint density at radius 2 is 1.96 bits per heavy atom. The molecule has 2 fully saturated rings. The summed E-state index contributed by atoms with van der Waals surface area (Å²) >= 11 is 0. The van der Waals surface area contributed by atoms with Crippen molar-refractivity contribution in [3.8, 4) is 0 Å². The number of benzene rings is 1. The zero-order valence-corrected chi connectivity index (χ0v) is 16.2. The SMILES string of the molecule is CC=Cc1ccc([C@H]2[C@H](CO)N[C@H]2CN(C(=O)C2CCC2)C(C)C)cc1.